The number of hydrogen-bond donors (Lipinski definition) is 0. The molecule has 0 radical (unpaired) electrons. The van der Waals surface area contributed by atoms with Crippen molar-refractivity contribution in [1.82, 2.24) is 4.90 Å². The molecule has 0 spiro atoms. The molecule has 3 rings (SSSR count). The molecule has 1 unspecified atom stereocenters. The molecule has 0 saturated carbocycles. The first kappa shape index (κ1) is 18.4. The van der Waals surface area contributed by atoms with Gasteiger partial charge in [-0.1, -0.05) is 6.07 Å². The van der Waals surface area contributed by atoms with E-state index < -0.39 is 22.8 Å². The Hall–Kier alpha value is -2.35. The third-order valence-electron chi connectivity index (χ3n) is 3.96. The van der Waals surface area contributed by atoms with E-state index in [1.54, 1.807) is 31.4 Å². The highest BCUT2D eigenvalue weighted by atomic mass is 32.2. The largest absolute Gasteiger partial charge is 0.497 e. The topological polar surface area (TPSA) is 38.8 Å². The second-order valence-corrected chi connectivity index (χ2v) is 6.61. The molecule has 138 valence electrons. The number of halogens is 3. The van der Waals surface area contributed by atoms with Crippen LogP contribution < -0.4 is 9.47 Å². The van der Waals surface area contributed by atoms with Gasteiger partial charge in [-0.25, -0.2) is 13.2 Å². The van der Waals surface area contributed by atoms with E-state index >= 15 is 0 Å². The summed E-state index contributed by atoms with van der Waals surface area (Å²) in [5.41, 5.74) is -0.0517. The Bertz CT molecular complexity index is 801. The third kappa shape index (κ3) is 3.75. The van der Waals surface area contributed by atoms with Gasteiger partial charge in [0.25, 0.3) is 0 Å². The smallest absolute Gasteiger partial charge is 0.233 e. The third-order valence-corrected chi connectivity index (χ3v) is 5.20. The number of hydrogen-bond acceptors (Lipinski definition) is 4. The van der Waals surface area contributed by atoms with Crippen molar-refractivity contribution in [2.24, 2.45) is 0 Å². The minimum atomic E-state index is -1.53. The number of carbonyl (C=O) groups excluding carboxylic acids is 1. The quantitative estimate of drug-likeness (QED) is 0.712. The zero-order chi connectivity index (χ0) is 18.7. The van der Waals surface area contributed by atoms with E-state index in [1.807, 2.05) is 0 Å². The Labute approximate surface area is 152 Å². The molecule has 1 aliphatic heterocycles. The molecule has 0 aromatic heterocycles. The molecule has 1 fully saturated rings. The van der Waals surface area contributed by atoms with Crippen molar-refractivity contribution in [1.29, 1.82) is 0 Å². The number of ether oxygens (including phenoxy) is 2. The van der Waals surface area contributed by atoms with Crippen LogP contribution in [0.15, 0.2) is 36.4 Å². The molecule has 1 amide bonds. The van der Waals surface area contributed by atoms with E-state index in [1.165, 1.54) is 22.7 Å². The van der Waals surface area contributed by atoms with E-state index in [0.29, 0.717) is 11.5 Å². The summed E-state index contributed by atoms with van der Waals surface area (Å²) in [6, 6.07) is 8.97. The lowest BCUT2D eigenvalue weighted by atomic mass is 10.1. The minimum Gasteiger partial charge on any atom is -0.497 e. The fourth-order valence-electron chi connectivity index (χ4n) is 2.62. The normalized spacial score (nSPS) is 16.8. The molecule has 2 aromatic carbocycles. The zero-order valence-electron chi connectivity index (χ0n) is 13.9. The Morgan fingerprint density at radius 3 is 2.46 bits per heavy atom. The summed E-state index contributed by atoms with van der Waals surface area (Å²) in [5.74, 6) is -2.82. The van der Waals surface area contributed by atoms with Crippen LogP contribution >= 0.6 is 11.8 Å². The Balaban J connectivity index is 1.67. The van der Waals surface area contributed by atoms with Crippen LogP contribution in [-0.4, -0.2) is 36.8 Å². The van der Waals surface area contributed by atoms with Crippen LogP contribution in [0, 0.1) is 17.5 Å². The standard InChI is InChI=1S/C18H16F3NO3S/c1-24-11-2-4-12(5-3-11)25-9-8-22-15(23)10-26-18(22)13-6-7-14(19)17(21)16(13)20/h2-7,18H,8-10H2,1H3. The summed E-state index contributed by atoms with van der Waals surface area (Å²) in [6.45, 7) is 0.376. The van der Waals surface area contributed by atoms with Gasteiger partial charge in [0.1, 0.15) is 23.5 Å². The van der Waals surface area contributed by atoms with Crippen LogP contribution in [0.3, 0.4) is 0 Å². The van der Waals surface area contributed by atoms with Crippen molar-refractivity contribution in [3.63, 3.8) is 0 Å². The summed E-state index contributed by atoms with van der Waals surface area (Å²) in [4.78, 5) is 13.5. The van der Waals surface area contributed by atoms with E-state index in [4.69, 9.17) is 9.47 Å². The first-order valence-corrected chi connectivity index (χ1v) is 8.87. The number of methoxy groups -OCH3 is 1. The summed E-state index contributed by atoms with van der Waals surface area (Å²) in [5, 5.41) is -0.711. The van der Waals surface area contributed by atoms with Crippen molar-refractivity contribution in [3.05, 3.63) is 59.4 Å². The fourth-order valence-corrected chi connectivity index (χ4v) is 3.85. The van der Waals surface area contributed by atoms with Gasteiger partial charge >= 0.3 is 0 Å². The Morgan fingerprint density at radius 2 is 1.77 bits per heavy atom. The number of amides is 1. The second-order valence-electron chi connectivity index (χ2n) is 5.54. The molecule has 26 heavy (non-hydrogen) atoms. The van der Waals surface area contributed by atoms with E-state index in [0.717, 1.165) is 6.07 Å². The van der Waals surface area contributed by atoms with Crippen LogP contribution in [0.25, 0.3) is 0 Å². The molecule has 1 aliphatic rings. The number of nitrogens with zero attached hydrogens (tertiary/aromatic N) is 1. The number of benzene rings is 2. The van der Waals surface area contributed by atoms with E-state index in [-0.39, 0.29) is 30.4 Å². The highest BCUT2D eigenvalue weighted by Gasteiger charge is 2.35. The average molecular weight is 383 g/mol. The summed E-state index contributed by atoms with van der Waals surface area (Å²) in [6.07, 6.45) is 0. The maximum Gasteiger partial charge on any atom is 0.233 e. The van der Waals surface area contributed by atoms with Crippen LogP contribution in [0.4, 0.5) is 13.2 Å². The maximum atomic E-state index is 14.1. The lowest BCUT2D eigenvalue weighted by Crippen LogP contribution is -2.32. The van der Waals surface area contributed by atoms with Gasteiger partial charge in [-0.15, -0.1) is 11.8 Å². The first-order valence-electron chi connectivity index (χ1n) is 7.82. The Morgan fingerprint density at radius 1 is 1.08 bits per heavy atom. The highest BCUT2D eigenvalue weighted by molar-refractivity contribution is 8.00. The SMILES string of the molecule is COc1ccc(OCCN2C(=O)CSC2c2ccc(F)c(F)c2F)cc1. The van der Waals surface area contributed by atoms with Crippen LogP contribution in [0.5, 0.6) is 11.5 Å². The maximum absolute atomic E-state index is 14.1. The Kier molecular flexibility index (Phi) is 5.61. The van der Waals surface area contributed by atoms with Crippen molar-refractivity contribution in [3.8, 4) is 11.5 Å². The molecule has 2 aromatic rings. The molecule has 0 bridgehead atoms. The van der Waals surface area contributed by atoms with Gasteiger partial charge in [0.05, 0.1) is 19.4 Å². The molecular weight excluding hydrogens is 367 g/mol. The molecule has 1 saturated heterocycles. The molecule has 1 atom stereocenters. The van der Waals surface area contributed by atoms with Gasteiger partial charge in [0, 0.05) is 5.56 Å². The average Bonchev–Trinajstić information content (AvgIpc) is 3.01. The van der Waals surface area contributed by atoms with Crippen molar-refractivity contribution in [2.75, 3.05) is 26.0 Å². The summed E-state index contributed by atoms with van der Waals surface area (Å²) < 4.78 is 51.3. The van der Waals surface area contributed by atoms with E-state index in [9.17, 15) is 18.0 Å². The van der Waals surface area contributed by atoms with Gasteiger partial charge in [0.15, 0.2) is 17.5 Å². The molecular formula is C18H16F3NO3S. The van der Waals surface area contributed by atoms with Gasteiger partial charge in [-0.05, 0) is 30.3 Å². The summed E-state index contributed by atoms with van der Waals surface area (Å²) >= 11 is 1.17. The number of thioether (sulfide) groups is 1. The van der Waals surface area contributed by atoms with Crippen LogP contribution in [0.1, 0.15) is 10.9 Å². The monoisotopic (exact) mass is 383 g/mol. The summed E-state index contributed by atoms with van der Waals surface area (Å²) in [7, 11) is 1.56. The zero-order valence-corrected chi connectivity index (χ0v) is 14.7. The second kappa shape index (κ2) is 7.90. The van der Waals surface area contributed by atoms with Gasteiger partial charge < -0.3 is 14.4 Å². The van der Waals surface area contributed by atoms with Gasteiger partial charge in [-0.3, -0.25) is 4.79 Å². The van der Waals surface area contributed by atoms with E-state index in [2.05, 4.69) is 0 Å². The van der Waals surface area contributed by atoms with Gasteiger partial charge in [0.2, 0.25) is 5.91 Å². The van der Waals surface area contributed by atoms with Gasteiger partial charge in [-0.2, -0.15) is 0 Å². The number of rotatable bonds is 6. The van der Waals surface area contributed by atoms with Crippen molar-refractivity contribution in [2.45, 2.75) is 5.37 Å². The van der Waals surface area contributed by atoms with Crippen molar-refractivity contribution < 1.29 is 27.4 Å². The fraction of sp³-hybridized carbons (Fsp3) is 0.278. The number of carbonyl (C=O) groups is 1. The first-order chi connectivity index (χ1) is 12.5. The lowest BCUT2D eigenvalue weighted by Gasteiger charge is -2.24. The van der Waals surface area contributed by atoms with Crippen LogP contribution in [0.2, 0.25) is 0 Å². The molecule has 0 N–H and O–H groups in total. The highest BCUT2D eigenvalue weighted by Crippen LogP contribution is 2.40. The minimum absolute atomic E-state index is 0.0517. The molecule has 4 nitrogen and oxygen atoms in total. The predicted molar refractivity (Wildman–Crippen MR) is 91.7 cm³/mol. The molecule has 0 aliphatic carbocycles. The molecule has 8 heteroatoms. The lowest BCUT2D eigenvalue weighted by molar-refractivity contribution is -0.128. The van der Waals surface area contributed by atoms with Crippen LogP contribution in [-0.2, 0) is 4.79 Å². The predicted octanol–water partition coefficient (Wildman–Crippen LogP) is 3.77. The van der Waals surface area contributed by atoms with Crippen molar-refractivity contribution >= 4 is 17.7 Å². The molecule has 1 heterocycles.